The predicted molar refractivity (Wildman–Crippen MR) is 152 cm³/mol. The van der Waals surface area contributed by atoms with Crippen molar-refractivity contribution in [2.24, 2.45) is 4.99 Å². The van der Waals surface area contributed by atoms with Crippen LogP contribution in [0.2, 0.25) is 5.02 Å². The second-order valence-electron chi connectivity index (χ2n) is 8.73. The molecule has 2 N–H and O–H groups in total. The van der Waals surface area contributed by atoms with Crippen molar-refractivity contribution in [3.05, 3.63) is 114 Å². The first-order valence-electron chi connectivity index (χ1n) is 11.9. The monoisotopic (exact) mass is 561 g/mol. The third-order valence-electron chi connectivity index (χ3n) is 6.30. The summed E-state index contributed by atoms with van der Waals surface area (Å²) in [7, 11) is 2.99. The summed E-state index contributed by atoms with van der Waals surface area (Å²) in [5, 5.41) is 13.1. The van der Waals surface area contributed by atoms with Crippen molar-refractivity contribution in [1.82, 2.24) is 4.57 Å². The van der Waals surface area contributed by atoms with E-state index in [1.54, 1.807) is 56.5 Å². The van der Waals surface area contributed by atoms with Gasteiger partial charge in [-0.25, -0.2) is 4.99 Å². The van der Waals surface area contributed by atoms with Gasteiger partial charge in [0.15, 0.2) is 16.3 Å². The Kier molecular flexibility index (Phi) is 7.28. The molecule has 0 bridgehead atoms. The zero-order valence-electron chi connectivity index (χ0n) is 21.3. The number of fused-ring (bicyclic) bond motifs is 1. The SMILES string of the molecule is COc1ccc([C@H]2C(C(=O)Nc3ccccc3)=C(C)N=c3s/c(=C/c4cc(Cl)c(O)c(OC)c4)c(=O)n32)cc1. The summed E-state index contributed by atoms with van der Waals surface area (Å²) in [4.78, 5) is 32.6. The molecular formula is C29H24ClN3O5S. The zero-order chi connectivity index (χ0) is 27.7. The number of thiazole rings is 1. The molecule has 5 rings (SSSR count). The van der Waals surface area contributed by atoms with Gasteiger partial charge < -0.3 is 19.9 Å². The van der Waals surface area contributed by atoms with E-state index in [9.17, 15) is 14.7 Å². The maximum absolute atomic E-state index is 13.9. The van der Waals surface area contributed by atoms with Crippen molar-refractivity contribution in [2.75, 3.05) is 19.5 Å². The molecule has 3 aromatic carbocycles. The molecular weight excluding hydrogens is 538 g/mol. The Morgan fingerprint density at radius 3 is 2.49 bits per heavy atom. The van der Waals surface area contributed by atoms with Gasteiger partial charge >= 0.3 is 0 Å². The van der Waals surface area contributed by atoms with E-state index in [2.05, 4.69) is 10.3 Å². The first-order valence-corrected chi connectivity index (χ1v) is 13.1. The number of carbonyl (C=O) groups is 1. The summed E-state index contributed by atoms with van der Waals surface area (Å²) >= 11 is 7.36. The van der Waals surface area contributed by atoms with Crippen molar-refractivity contribution >= 4 is 40.6 Å². The Morgan fingerprint density at radius 2 is 1.82 bits per heavy atom. The molecule has 0 unspecified atom stereocenters. The molecule has 0 aliphatic carbocycles. The molecule has 39 heavy (non-hydrogen) atoms. The molecule has 198 valence electrons. The number of rotatable bonds is 6. The highest BCUT2D eigenvalue weighted by Crippen LogP contribution is 2.35. The van der Waals surface area contributed by atoms with Gasteiger partial charge in [-0.15, -0.1) is 0 Å². The second-order valence-corrected chi connectivity index (χ2v) is 10.1. The number of para-hydroxylation sites is 1. The van der Waals surface area contributed by atoms with E-state index >= 15 is 0 Å². The number of amides is 1. The fourth-order valence-electron chi connectivity index (χ4n) is 4.42. The number of nitrogens with zero attached hydrogens (tertiary/aromatic N) is 2. The number of nitrogens with one attached hydrogen (secondary N) is 1. The largest absolute Gasteiger partial charge is 0.503 e. The fourth-order valence-corrected chi connectivity index (χ4v) is 5.68. The van der Waals surface area contributed by atoms with Gasteiger partial charge in [-0.3, -0.25) is 14.2 Å². The quantitative estimate of drug-likeness (QED) is 0.366. The van der Waals surface area contributed by atoms with E-state index in [0.29, 0.717) is 37.6 Å². The summed E-state index contributed by atoms with van der Waals surface area (Å²) in [5.74, 6) is 0.309. The molecule has 1 aliphatic rings. The fraction of sp³-hybridized carbons (Fsp3) is 0.138. The van der Waals surface area contributed by atoms with Crippen LogP contribution in [0, 0.1) is 0 Å². The van der Waals surface area contributed by atoms with Crippen LogP contribution in [0.1, 0.15) is 24.1 Å². The van der Waals surface area contributed by atoms with Crippen LogP contribution in [0.3, 0.4) is 0 Å². The van der Waals surface area contributed by atoms with Crippen molar-refractivity contribution in [1.29, 1.82) is 0 Å². The Labute approximate surface area is 232 Å². The van der Waals surface area contributed by atoms with E-state index < -0.39 is 6.04 Å². The number of carbonyl (C=O) groups excluding carboxylic acids is 1. The highest BCUT2D eigenvalue weighted by molar-refractivity contribution is 7.07. The van der Waals surface area contributed by atoms with E-state index in [4.69, 9.17) is 21.1 Å². The minimum absolute atomic E-state index is 0.0974. The molecule has 0 radical (unpaired) electrons. The molecule has 4 aromatic rings. The smallest absolute Gasteiger partial charge is 0.271 e. The van der Waals surface area contributed by atoms with Gasteiger partial charge in [0, 0.05) is 5.69 Å². The normalized spacial score (nSPS) is 15.0. The number of aromatic nitrogens is 1. The lowest BCUT2D eigenvalue weighted by molar-refractivity contribution is -0.113. The van der Waals surface area contributed by atoms with Crippen LogP contribution >= 0.6 is 22.9 Å². The van der Waals surface area contributed by atoms with Crippen molar-refractivity contribution < 1.29 is 19.4 Å². The number of phenolic OH excluding ortho intramolecular Hbond substituents is 1. The highest BCUT2D eigenvalue weighted by Gasteiger charge is 2.32. The number of allylic oxidation sites excluding steroid dienone is 1. The summed E-state index contributed by atoms with van der Waals surface area (Å²) in [5.41, 5.74) is 2.47. The molecule has 0 fully saturated rings. The van der Waals surface area contributed by atoms with E-state index in [0.717, 1.165) is 5.56 Å². The van der Waals surface area contributed by atoms with Gasteiger partial charge in [0.05, 0.1) is 41.1 Å². The van der Waals surface area contributed by atoms with Crippen LogP contribution in [0.25, 0.3) is 6.08 Å². The Balaban J connectivity index is 1.68. The van der Waals surface area contributed by atoms with Crippen molar-refractivity contribution in [2.45, 2.75) is 13.0 Å². The standard InChI is InChI=1S/C29H24ClN3O5S/c1-16-24(27(35)32-19-7-5-4-6-8-19)25(18-9-11-20(37-2)12-10-18)33-28(36)23(39-29(33)31-16)15-17-13-21(30)26(34)22(14-17)38-3/h4-15,25,34H,1-3H3,(H,32,35)/b23-15+/t25-/m0/s1. The molecule has 0 saturated heterocycles. The van der Waals surface area contributed by atoms with Crippen LogP contribution in [0.4, 0.5) is 5.69 Å². The highest BCUT2D eigenvalue weighted by atomic mass is 35.5. The Bertz CT molecular complexity index is 1780. The summed E-state index contributed by atoms with van der Waals surface area (Å²) in [6.45, 7) is 1.76. The Hall–Kier alpha value is -4.34. The van der Waals surface area contributed by atoms with Gasteiger partial charge in [-0.05, 0) is 60.5 Å². The first kappa shape index (κ1) is 26.3. The Morgan fingerprint density at radius 1 is 1.10 bits per heavy atom. The van der Waals surface area contributed by atoms with Gasteiger partial charge in [-0.1, -0.05) is 53.3 Å². The summed E-state index contributed by atoms with van der Waals surface area (Å²) in [6.07, 6.45) is 1.66. The lowest BCUT2D eigenvalue weighted by Crippen LogP contribution is -2.40. The number of methoxy groups -OCH3 is 2. The van der Waals surface area contributed by atoms with Gasteiger partial charge in [-0.2, -0.15) is 0 Å². The summed E-state index contributed by atoms with van der Waals surface area (Å²) < 4.78 is 12.4. The lowest BCUT2D eigenvalue weighted by Gasteiger charge is -2.25. The molecule has 8 nitrogen and oxygen atoms in total. The van der Waals surface area contributed by atoms with Crippen LogP contribution < -0.4 is 29.7 Å². The average Bonchev–Trinajstić information content (AvgIpc) is 3.24. The van der Waals surface area contributed by atoms with Crippen LogP contribution in [0.15, 0.2) is 87.8 Å². The molecule has 1 amide bonds. The number of benzene rings is 3. The number of halogens is 1. The van der Waals surface area contributed by atoms with Gasteiger partial charge in [0.25, 0.3) is 11.5 Å². The molecule has 10 heteroatoms. The number of hydrogen-bond acceptors (Lipinski definition) is 7. The third-order valence-corrected chi connectivity index (χ3v) is 7.57. The molecule has 0 saturated carbocycles. The van der Waals surface area contributed by atoms with Crippen LogP contribution in [-0.2, 0) is 4.79 Å². The molecule has 1 atom stereocenters. The lowest BCUT2D eigenvalue weighted by atomic mass is 9.95. The van der Waals surface area contributed by atoms with Crippen molar-refractivity contribution in [3.8, 4) is 17.2 Å². The zero-order valence-corrected chi connectivity index (χ0v) is 22.8. The third kappa shape index (κ3) is 5.06. The number of anilines is 1. The van der Waals surface area contributed by atoms with Gasteiger partial charge in [0.1, 0.15) is 5.75 Å². The number of ether oxygens (including phenoxy) is 2. The number of hydrogen-bond donors (Lipinski definition) is 2. The average molecular weight is 562 g/mol. The molecule has 1 aromatic heterocycles. The van der Waals surface area contributed by atoms with E-state index in [-0.39, 0.29) is 28.0 Å². The van der Waals surface area contributed by atoms with Crippen LogP contribution in [-0.4, -0.2) is 29.8 Å². The second kappa shape index (κ2) is 10.8. The van der Waals surface area contributed by atoms with E-state index in [1.165, 1.54) is 23.0 Å². The molecule has 0 spiro atoms. The maximum atomic E-state index is 13.9. The van der Waals surface area contributed by atoms with Gasteiger partial charge in [0.2, 0.25) is 0 Å². The minimum atomic E-state index is -0.726. The predicted octanol–water partition coefficient (Wildman–Crippen LogP) is 4.25. The van der Waals surface area contributed by atoms with Crippen LogP contribution in [0.5, 0.6) is 17.2 Å². The summed E-state index contributed by atoms with van der Waals surface area (Å²) in [6, 6.07) is 18.8. The number of phenols is 1. The first-order chi connectivity index (χ1) is 18.8. The molecule has 2 heterocycles. The number of aromatic hydroxyl groups is 1. The van der Waals surface area contributed by atoms with E-state index in [1.807, 2.05) is 30.3 Å². The molecule has 1 aliphatic heterocycles. The maximum Gasteiger partial charge on any atom is 0.271 e. The van der Waals surface area contributed by atoms with Crippen molar-refractivity contribution in [3.63, 3.8) is 0 Å². The minimum Gasteiger partial charge on any atom is -0.503 e. The topological polar surface area (TPSA) is 102 Å².